The van der Waals surface area contributed by atoms with Gasteiger partial charge in [-0.25, -0.2) is 0 Å². The van der Waals surface area contributed by atoms with Crippen LogP contribution in [0.1, 0.15) is 30.6 Å². The van der Waals surface area contributed by atoms with Gasteiger partial charge in [0.1, 0.15) is 5.69 Å². The Morgan fingerprint density at radius 2 is 2.00 bits per heavy atom. The van der Waals surface area contributed by atoms with Gasteiger partial charge in [-0.1, -0.05) is 43.6 Å². The zero-order valence-corrected chi connectivity index (χ0v) is 16.6. The molecule has 25 heavy (non-hydrogen) atoms. The summed E-state index contributed by atoms with van der Waals surface area (Å²) in [5.41, 5.74) is 7.99. The lowest BCUT2D eigenvalue weighted by Gasteiger charge is -2.21. The fourth-order valence-corrected chi connectivity index (χ4v) is 2.71. The SMILES string of the molecule is CC(C)C(N)CCN(C)C(=O)c1cn(C)nc1-c1ccccc1Cl.Cl. The third-order valence-corrected chi connectivity index (χ3v) is 4.52. The second kappa shape index (κ2) is 9.22. The highest BCUT2D eigenvalue weighted by Crippen LogP contribution is 2.29. The third-order valence-electron chi connectivity index (χ3n) is 4.19. The molecule has 0 aliphatic rings. The van der Waals surface area contributed by atoms with Gasteiger partial charge in [0.2, 0.25) is 0 Å². The Hall–Kier alpha value is -1.56. The molecule has 2 rings (SSSR count). The van der Waals surface area contributed by atoms with E-state index in [2.05, 4.69) is 18.9 Å². The van der Waals surface area contributed by atoms with Crippen molar-refractivity contribution in [2.75, 3.05) is 13.6 Å². The zero-order valence-electron chi connectivity index (χ0n) is 15.1. The first kappa shape index (κ1) is 21.5. The molecule has 1 amide bonds. The van der Waals surface area contributed by atoms with Crippen LogP contribution in [0.5, 0.6) is 0 Å². The highest BCUT2D eigenvalue weighted by molar-refractivity contribution is 6.33. The Morgan fingerprint density at radius 1 is 1.36 bits per heavy atom. The topological polar surface area (TPSA) is 64.2 Å². The van der Waals surface area contributed by atoms with E-state index in [9.17, 15) is 4.79 Å². The molecule has 1 unspecified atom stereocenters. The molecule has 7 heteroatoms. The number of rotatable bonds is 6. The van der Waals surface area contributed by atoms with Crippen LogP contribution in [0.3, 0.4) is 0 Å². The average Bonchev–Trinajstić information content (AvgIpc) is 2.93. The normalized spacial score (nSPS) is 12.0. The molecule has 2 N–H and O–H groups in total. The number of hydrogen-bond acceptors (Lipinski definition) is 3. The summed E-state index contributed by atoms with van der Waals surface area (Å²) in [5.74, 6) is 0.319. The summed E-state index contributed by atoms with van der Waals surface area (Å²) >= 11 is 6.27. The van der Waals surface area contributed by atoms with Crippen molar-refractivity contribution >= 4 is 29.9 Å². The van der Waals surface area contributed by atoms with E-state index in [1.54, 1.807) is 35.9 Å². The maximum absolute atomic E-state index is 12.8. The molecule has 2 aromatic rings. The van der Waals surface area contributed by atoms with Gasteiger partial charge in [0.15, 0.2) is 0 Å². The van der Waals surface area contributed by atoms with Gasteiger partial charge in [0, 0.05) is 38.4 Å². The first-order valence-corrected chi connectivity index (χ1v) is 8.48. The molecular weight excluding hydrogens is 359 g/mol. The number of hydrogen-bond donors (Lipinski definition) is 1. The maximum Gasteiger partial charge on any atom is 0.257 e. The monoisotopic (exact) mass is 384 g/mol. The Kier molecular flexibility index (Phi) is 7.93. The van der Waals surface area contributed by atoms with Gasteiger partial charge in [0.05, 0.1) is 10.6 Å². The van der Waals surface area contributed by atoms with Crippen molar-refractivity contribution in [3.63, 3.8) is 0 Å². The molecule has 0 saturated carbocycles. The van der Waals surface area contributed by atoms with Crippen molar-refractivity contribution in [2.45, 2.75) is 26.3 Å². The van der Waals surface area contributed by atoms with Crippen LogP contribution in [0.15, 0.2) is 30.5 Å². The smallest absolute Gasteiger partial charge is 0.257 e. The van der Waals surface area contributed by atoms with E-state index < -0.39 is 0 Å². The van der Waals surface area contributed by atoms with Gasteiger partial charge >= 0.3 is 0 Å². The number of nitrogens with zero attached hydrogens (tertiary/aromatic N) is 3. The number of amides is 1. The number of nitrogens with two attached hydrogens (primary N) is 1. The van der Waals surface area contributed by atoms with Crippen LogP contribution in [0.2, 0.25) is 5.02 Å². The molecule has 0 fully saturated rings. The second-order valence-corrected chi connectivity index (χ2v) is 6.88. The molecule has 0 aliphatic heterocycles. The summed E-state index contributed by atoms with van der Waals surface area (Å²) in [6.45, 7) is 4.78. The quantitative estimate of drug-likeness (QED) is 0.826. The minimum absolute atomic E-state index is 0. The van der Waals surface area contributed by atoms with Crippen molar-refractivity contribution in [1.82, 2.24) is 14.7 Å². The number of benzene rings is 1. The van der Waals surface area contributed by atoms with Gasteiger partial charge in [-0.3, -0.25) is 9.48 Å². The van der Waals surface area contributed by atoms with E-state index in [1.807, 2.05) is 18.2 Å². The van der Waals surface area contributed by atoms with Crippen molar-refractivity contribution in [2.24, 2.45) is 18.7 Å². The molecule has 5 nitrogen and oxygen atoms in total. The fourth-order valence-electron chi connectivity index (χ4n) is 2.48. The number of aryl methyl sites for hydroxylation is 1. The predicted molar refractivity (Wildman–Crippen MR) is 105 cm³/mol. The Balaban J connectivity index is 0.00000312. The number of aromatic nitrogens is 2. The van der Waals surface area contributed by atoms with E-state index >= 15 is 0 Å². The Bertz CT molecular complexity index is 715. The number of carbonyl (C=O) groups excluding carboxylic acids is 1. The van der Waals surface area contributed by atoms with Crippen LogP contribution < -0.4 is 5.73 Å². The van der Waals surface area contributed by atoms with E-state index in [0.717, 1.165) is 12.0 Å². The lowest BCUT2D eigenvalue weighted by Crippen LogP contribution is -2.34. The lowest BCUT2D eigenvalue weighted by atomic mass is 10.0. The minimum atomic E-state index is -0.0750. The third kappa shape index (κ3) is 5.21. The first-order valence-electron chi connectivity index (χ1n) is 8.10. The van der Waals surface area contributed by atoms with E-state index in [4.69, 9.17) is 17.3 Å². The maximum atomic E-state index is 12.8. The van der Waals surface area contributed by atoms with E-state index in [0.29, 0.717) is 28.7 Å². The highest BCUT2D eigenvalue weighted by Gasteiger charge is 2.22. The van der Waals surface area contributed by atoms with Crippen LogP contribution in [-0.2, 0) is 7.05 Å². The van der Waals surface area contributed by atoms with E-state index in [-0.39, 0.29) is 24.4 Å². The first-order chi connectivity index (χ1) is 11.3. The number of halogens is 2. The van der Waals surface area contributed by atoms with Crippen LogP contribution in [0.4, 0.5) is 0 Å². The summed E-state index contributed by atoms with van der Waals surface area (Å²) in [7, 11) is 3.59. The Morgan fingerprint density at radius 3 is 2.60 bits per heavy atom. The fraction of sp³-hybridized carbons (Fsp3) is 0.444. The molecule has 138 valence electrons. The van der Waals surface area contributed by atoms with Crippen LogP contribution in [-0.4, -0.2) is 40.2 Å². The van der Waals surface area contributed by atoms with E-state index in [1.165, 1.54) is 0 Å². The van der Waals surface area contributed by atoms with Crippen LogP contribution in [0.25, 0.3) is 11.3 Å². The summed E-state index contributed by atoms with van der Waals surface area (Å²) in [5, 5.41) is 5.01. The molecule has 0 bridgehead atoms. The predicted octanol–water partition coefficient (Wildman–Crippen LogP) is 3.61. The lowest BCUT2D eigenvalue weighted by molar-refractivity contribution is 0.0790. The minimum Gasteiger partial charge on any atom is -0.342 e. The Labute approximate surface area is 160 Å². The molecule has 1 atom stereocenters. The number of carbonyl (C=O) groups is 1. The molecule has 1 aromatic carbocycles. The van der Waals surface area contributed by atoms with Crippen molar-refractivity contribution in [1.29, 1.82) is 0 Å². The van der Waals surface area contributed by atoms with Gasteiger partial charge in [-0.05, 0) is 18.4 Å². The van der Waals surface area contributed by atoms with Crippen molar-refractivity contribution in [3.05, 3.63) is 41.0 Å². The summed E-state index contributed by atoms with van der Waals surface area (Å²) in [6, 6.07) is 7.49. The second-order valence-electron chi connectivity index (χ2n) is 6.47. The standard InChI is InChI=1S/C18H25ClN4O.ClH/c1-12(2)16(20)9-10-22(3)18(24)14-11-23(4)21-17(14)13-7-5-6-8-15(13)19;/h5-8,11-12,16H,9-10,20H2,1-4H3;1H. The van der Waals surface area contributed by atoms with Gasteiger partial charge < -0.3 is 10.6 Å². The van der Waals surface area contributed by atoms with Gasteiger partial charge in [-0.2, -0.15) is 5.10 Å². The highest BCUT2D eigenvalue weighted by atomic mass is 35.5. The molecule has 0 radical (unpaired) electrons. The van der Waals surface area contributed by atoms with Crippen molar-refractivity contribution < 1.29 is 4.79 Å². The molecule has 0 spiro atoms. The molecular formula is C18H26Cl2N4O. The van der Waals surface area contributed by atoms with Crippen LogP contribution >= 0.6 is 24.0 Å². The largest absolute Gasteiger partial charge is 0.342 e. The van der Waals surface area contributed by atoms with Crippen LogP contribution in [0, 0.1) is 5.92 Å². The van der Waals surface area contributed by atoms with Crippen molar-refractivity contribution in [3.8, 4) is 11.3 Å². The molecule has 0 aliphatic carbocycles. The summed E-state index contributed by atoms with van der Waals surface area (Å²) in [4.78, 5) is 14.5. The average molecular weight is 385 g/mol. The zero-order chi connectivity index (χ0) is 17.9. The molecule has 1 aromatic heterocycles. The molecule has 1 heterocycles. The summed E-state index contributed by atoms with van der Waals surface area (Å²) < 4.78 is 1.64. The molecule has 0 saturated heterocycles. The van der Waals surface area contributed by atoms with Gasteiger partial charge in [0.25, 0.3) is 5.91 Å². The van der Waals surface area contributed by atoms with Gasteiger partial charge in [-0.15, -0.1) is 12.4 Å². The summed E-state index contributed by atoms with van der Waals surface area (Å²) in [6.07, 6.45) is 2.50.